The van der Waals surface area contributed by atoms with Gasteiger partial charge >= 0.3 is 0 Å². The number of carbonyl (C=O) groups excluding carboxylic acids is 2. The highest BCUT2D eigenvalue weighted by molar-refractivity contribution is 7.18. The van der Waals surface area contributed by atoms with E-state index in [2.05, 4.69) is 16.3 Å². The highest BCUT2D eigenvalue weighted by atomic mass is 32.1. The lowest BCUT2D eigenvalue weighted by atomic mass is 10.1. The molecule has 1 fully saturated rings. The van der Waals surface area contributed by atoms with Crippen LogP contribution in [0.3, 0.4) is 0 Å². The van der Waals surface area contributed by atoms with Crippen LogP contribution in [0.25, 0.3) is 10.2 Å². The third-order valence-electron chi connectivity index (χ3n) is 5.07. The molecule has 2 aromatic carbocycles. The fourth-order valence-corrected chi connectivity index (χ4v) is 4.46. The molecule has 1 N–H and O–H groups in total. The number of aromatic nitrogens is 1. The van der Waals surface area contributed by atoms with Gasteiger partial charge in [0.15, 0.2) is 0 Å². The molecule has 0 spiro atoms. The number of hydrogen-bond acceptors (Lipinski definition) is 5. The van der Waals surface area contributed by atoms with E-state index in [9.17, 15) is 9.59 Å². The number of nitrogens with zero attached hydrogens (tertiary/aromatic N) is 3. The lowest BCUT2D eigenvalue weighted by molar-refractivity contribution is -0.115. The second-order valence-electron chi connectivity index (χ2n) is 7.13. The zero-order valence-corrected chi connectivity index (χ0v) is 17.2. The van der Waals surface area contributed by atoms with Gasteiger partial charge in [0.05, 0.1) is 16.8 Å². The van der Waals surface area contributed by atoms with Crippen molar-refractivity contribution in [1.82, 2.24) is 14.8 Å². The minimum Gasteiger partial charge on any atom is -0.336 e. The fourth-order valence-electron chi connectivity index (χ4n) is 3.45. The average molecular weight is 409 g/mol. The average Bonchev–Trinajstić information content (AvgIpc) is 3.16. The van der Waals surface area contributed by atoms with Gasteiger partial charge in [0, 0.05) is 43.9 Å². The molecule has 0 unspecified atom stereocenters. The summed E-state index contributed by atoms with van der Waals surface area (Å²) in [6.07, 6.45) is 0.412. The Morgan fingerprint density at radius 2 is 1.86 bits per heavy atom. The summed E-state index contributed by atoms with van der Waals surface area (Å²) in [5.41, 5.74) is 2.33. The predicted octanol–water partition coefficient (Wildman–Crippen LogP) is 3.60. The van der Waals surface area contributed by atoms with Gasteiger partial charge in [-0.25, -0.2) is 4.98 Å². The van der Waals surface area contributed by atoms with Gasteiger partial charge in [-0.05, 0) is 30.3 Å². The zero-order valence-electron chi connectivity index (χ0n) is 16.4. The SMILES string of the molecule is CCC(=O)Nc1cccc(C(=O)N2CCN(Cc3nc4ccccc4s3)CC2)c1. The van der Waals surface area contributed by atoms with E-state index in [1.165, 1.54) is 4.70 Å². The Hall–Kier alpha value is -2.77. The zero-order chi connectivity index (χ0) is 20.2. The summed E-state index contributed by atoms with van der Waals surface area (Å²) in [6.45, 7) is 5.66. The van der Waals surface area contributed by atoms with Crippen molar-refractivity contribution in [2.24, 2.45) is 0 Å². The Labute approximate surface area is 174 Å². The van der Waals surface area contributed by atoms with Crippen LogP contribution in [0.15, 0.2) is 48.5 Å². The normalized spacial score (nSPS) is 14.9. The maximum absolute atomic E-state index is 12.9. The Morgan fingerprint density at radius 1 is 1.07 bits per heavy atom. The van der Waals surface area contributed by atoms with Crippen molar-refractivity contribution >= 4 is 39.1 Å². The largest absolute Gasteiger partial charge is 0.336 e. The van der Waals surface area contributed by atoms with E-state index < -0.39 is 0 Å². The molecule has 2 heterocycles. The van der Waals surface area contributed by atoms with E-state index in [0.29, 0.717) is 30.8 Å². The number of piperazine rings is 1. The summed E-state index contributed by atoms with van der Waals surface area (Å²) >= 11 is 1.74. The molecule has 3 aromatic rings. The van der Waals surface area contributed by atoms with Crippen LogP contribution in [-0.2, 0) is 11.3 Å². The fraction of sp³-hybridized carbons (Fsp3) is 0.318. The van der Waals surface area contributed by atoms with Crippen LogP contribution in [0, 0.1) is 0 Å². The van der Waals surface area contributed by atoms with Gasteiger partial charge in [-0.2, -0.15) is 0 Å². The first-order chi connectivity index (χ1) is 14.1. The molecular weight excluding hydrogens is 384 g/mol. The molecule has 1 aliphatic heterocycles. The summed E-state index contributed by atoms with van der Waals surface area (Å²) < 4.78 is 1.21. The van der Waals surface area contributed by atoms with Gasteiger partial charge in [0.25, 0.3) is 5.91 Å². The quantitative estimate of drug-likeness (QED) is 0.701. The van der Waals surface area contributed by atoms with Crippen LogP contribution in [0.2, 0.25) is 0 Å². The Bertz CT molecular complexity index is 991. The molecule has 29 heavy (non-hydrogen) atoms. The highest BCUT2D eigenvalue weighted by Crippen LogP contribution is 2.23. The van der Waals surface area contributed by atoms with E-state index in [1.807, 2.05) is 29.2 Å². The molecule has 150 valence electrons. The maximum Gasteiger partial charge on any atom is 0.254 e. The molecule has 4 rings (SSSR count). The monoisotopic (exact) mass is 408 g/mol. The lowest BCUT2D eigenvalue weighted by Crippen LogP contribution is -2.48. The highest BCUT2D eigenvalue weighted by Gasteiger charge is 2.23. The van der Waals surface area contributed by atoms with Gasteiger partial charge < -0.3 is 10.2 Å². The third kappa shape index (κ3) is 4.63. The number of para-hydroxylation sites is 1. The number of rotatable bonds is 5. The van der Waals surface area contributed by atoms with Crippen molar-refractivity contribution in [3.63, 3.8) is 0 Å². The third-order valence-corrected chi connectivity index (χ3v) is 6.09. The van der Waals surface area contributed by atoms with Crippen molar-refractivity contribution in [3.05, 3.63) is 59.1 Å². The number of fused-ring (bicyclic) bond motifs is 1. The summed E-state index contributed by atoms with van der Waals surface area (Å²) in [4.78, 5) is 33.4. The smallest absolute Gasteiger partial charge is 0.254 e. The molecule has 7 heteroatoms. The topological polar surface area (TPSA) is 65.5 Å². The number of anilines is 1. The lowest BCUT2D eigenvalue weighted by Gasteiger charge is -2.34. The van der Waals surface area contributed by atoms with Crippen LogP contribution in [-0.4, -0.2) is 52.8 Å². The van der Waals surface area contributed by atoms with Gasteiger partial charge in [-0.3, -0.25) is 14.5 Å². The molecule has 1 aromatic heterocycles. The molecule has 6 nitrogen and oxygen atoms in total. The first kappa shape index (κ1) is 19.5. The first-order valence-corrected chi connectivity index (χ1v) is 10.7. The van der Waals surface area contributed by atoms with E-state index >= 15 is 0 Å². The molecule has 0 bridgehead atoms. The number of carbonyl (C=O) groups is 2. The van der Waals surface area contributed by atoms with Gasteiger partial charge in [0.2, 0.25) is 5.91 Å². The van der Waals surface area contributed by atoms with E-state index in [0.717, 1.165) is 30.2 Å². The number of thiazole rings is 1. The molecule has 0 atom stereocenters. The molecule has 1 aliphatic rings. The number of hydrogen-bond donors (Lipinski definition) is 1. The summed E-state index contributed by atoms with van der Waals surface area (Å²) in [5, 5.41) is 3.93. The van der Waals surface area contributed by atoms with Gasteiger partial charge in [-0.15, -0.1) is 11.3 Å². The summed E-state index contributed by atoms with van der Waals surface area (Å²) in [5.74, 6) is -0.0460. The molecular formula is C22H24N4O2S. The van der Waals surface area contributed by atoms with Crippen molar-refractivity contribution in [3.8, 4) is 0 Å². The number of benzene rings is 2. The number of amides is 2. The molecule has 0 aliphatic carbocycles. The maximum atomic E-state index is 12.9. The van der Waals surface area contributed by atoms with Gasteiger partial charge in [-0.1, -0.05) is 25.1 Å². The number of nitrogens with one attached hydrogen (secondary N) is 1. The van der Waals surface area contributed by atoms with E-state index in [4.69, 9.17) is 4.98 Å². The van der Waals surface area contributed by atoms with Crippen LogP contribution >= 0.6 is 11.3 Å². The second kappa shape index (κ2) is 8.71. The Kier molecular flexibility index (Phi) is 5.87. The molecule has 1 saturated heterocycles. The molecule has 2 amide bonds. The minimum absolute atomic E-state index is 0.0113. The van der Waals surface area contributed by atoms with Crippen molar-refractivity contribution in [1.29, 1.82) is 0 Å². The van der Waals surface area contributed by atoms with Crippen LogP contribution < -0.4 is 5.32 Å². The van der Waals surface area contributed by atoms with Crippen molar-refractivity contribution in [2.45, 2.75) is 19.9 Å². The minimum atomic E-state index is -0.0574. The summed E-state index contributed by atoms with van der Waals surface area (Å²) in [7, 11) is 0. The standard InChI is InChI=1S/C22H24N4O2S/c1-2-20(27)23-17-7-5-6-16(14-17)22(28)26-12-10-25(11-13-26)15-21-24-18-8-3-4-9-19(18)29-21/h3-9,14H,2,10-13,15H2,1H3,(H,23,27). The Balaban J connectivity index is 1.34. The van der Waals surface area contributed by atoms with Crippen molar-refractivity contribution < 1.29 is 9.59 Å². The van der Waals surface area contributed by atoms with Crippen LogP contribution in [0.4, 0.5) is 5.69 Å². The predicted molar refractivity (Wildman–Crippen MR) is 116 cm³/mol. The molecule has 0 radical (unpaired) electrons. The van der Waals surface area contributed by atoms with E-state index in [-0.39, 0.29) is 11.8 Å². The van der Waals surface area contributed by atoms with Crippen LogP contribution in [0.1, 0.15) is 28.7 Å². The van der Waals surface area contributed by atoms with Crippen molar-refractivity contribution in [2.75, 3.05) is 31.5 Å². The first-order valence-electron chi connectivity index (χ1n) is 9.88. The summed E-state index contributed by atoms with van der Waals surface area (Å²) in [6, 6.07) is 15.4. The van der Waals surface area contributed by atoms with Gasteiger partial charge in [0.1, 0.15) is 5.01 Å². The second-order valence-corrected chi connectivity index (χ2v) is 8.24. The Morgan fingerprint density at radius 3 is 2.62 bits per heavy atom. The van der Waals surface area contributed by atoms with E-state index in [1.54, 1.807) is 36.5 Å². The molecule has 0 saturated carbocycles. The van der Waals surface area contributed by atoms with Crippen LogP contribution in [0.5, 0.6) is 0 Å².